The fraction of sp³-hybridized carbons (Fsp3) is 0.318. The molecule has 1 aromatic heterocycles. The number of phenolic OH excluding ortho intramolecular Hbond substituents is 1. The largest absolute Gasteiger partial charge is 0.508 e. The molecule has 6 heteroatoms. The topological polar surface area (TPSA) is 81.7 Å². The van der Waals surface area contributed by atoms with E-state index in [0.717, 1.165) is 24.5 Å². The number of aromatic nitrogens is 1. The fourth-order valence-electron chi connectivity index (χ4n) is 3.38. The first kappa shape index (κ1) is 19.6. The minimum atomic E-state index is 0.249. The summed E-state index contributed by atoms with van der Waals surface area (Å²) in [5.41, 5.74) is 4.64. The number of guanidine groups is 1. The van der Waals surface area contributed by atoms with Gasteiger partial charge in [-0.15, -0.1) is 0 Å². The molecular weight excluding hydrogens is 352 g/mol. The molecule has 0 spiro atoms. The minimum absolute atomic E-state index is 0.249. The van der Waals surface area contributed by atoms with Gasteiger partial charge in [0.15, 0.2) is 5.96 Å². The monoisotopic (exact) mass is 380 g/mol. The van der Waals surface area contributed by atoms with Crippen LogP contribution in [0.1, 0.15) is 16.7 Å². The maximum absolute atomic E-state index is 10.0. The highest BCUT2D eigenvalue weighted by Gasteiger charge is 2.07. The molecule has 1 heterocycles. The molecule has 0 saturated heterocycles. The smallest absolute Gasteiger partial charge is 0.190 e. The molecule has 4 N–H and O–H groups in total. The Kier molecular flexibility index (Phi) is 6.42. The Morgan fingerprint density at radius 2 is 1.86 bits per heavy atom. The van der Waals surface area contributed by atoms with Gasteiger partial charge in [0.05, 0.1) is 7.11 Å². The molecule has 148 valence electrons. The van der Waals surface area contributed by atoms with Crippen molar-refractivity contribution >= 4 is 16.9 Å². The number of aromatic hydroxyl groups is 1. The van der Waals surface area contributed by atoms with E-state index in [2.05, 4.69) is 51.9 Å². The number of phenols is 1. The van der Waals surface area contributed by atoms with Crippen LogP contribution >= 0.6 is 0 Å². The van der Waals surface area contributed by atoms with Crippen LogP contribution in [0.2, 0.25) is 0 Å². The van der Waals surface area contributed by atoms with Crippen LogP contribution in [-0.2, 0) is 12.8 Å². The van der Waals surface area contributed by atoms with Crippen molar-refractivity contribution < 1.29 is 9.84 Å². The van der Waals surface area contributed by atoms with Gasteiger partial charge in [-0.25, -0.2) is 0 Å². The summed E-state index contributed by atoms with van der Waals surface area (Å²) in [7, 11) is 3.35. The second-order valence-electron chi connectivity index (χ2n) is 6.73. The highest BCUT2D eigenvalue weighted by atomic mass is 16.5. The van der Waals surface area contributed by atoms with Crippen molar-refractivity contribution in [2.24, 2.45) is 4.99 Å². The Balaban J connectivity index is 1.48. The Hall–Kier alpha value is -3.15. The summed E-state index contributed by atoms with van der Waals surface area (Å²) < 4.78 is 5.11. The van der Waals surface area contributed by atoms with E-state index in [1.54, 1.807) is 20.2 Å². The van der Waals surface area contributed by atoms with Gasteiger partial charge in [-0.05, 0) is 48.6 Å². The summed E-state index contributed by atoms with van der Waals surface area (Å²) in [5, 5.41) is 18.0. The predicted octanol–water partition coefficient (Wildman–Crippen LogP) is 3.14. The SMILES string of the molecule is CN=C(NCCc1ccc(OC)cc1O)NCCc1c[nH]c2cccc(C)c12. The van der Waals surface area contributed by atoms with E-state index in [-0.39, 0.29) is 5.75 Å². The van der Waals surface area contributed by atoms with Crippen LogP contribution in [0.4, 0.5) is 0 Å². The van der Waals surface area contributed by atoms with E-state index in [1.807, 2.05) is 12.1 Å². The maximum Gasteiger partial charge on any atom is 0.190 e. The molecule has 0 aliphatic heterocycles. The van der Waals surface area contributed by atoms with E-state index < -0.39 is 0 Å². The lowest BCUT2D eigenvalue weighted by Crippen LogP contribution is -2.39. The molecule has 0 bridgehead atoms. The number of fused-ring (bicyclic) bond motifs is 1. The van der Waals surface area contributed by atoms with Gasteiger partial charge in [0.25, 0.3) is 0 Å². The maximum atomic E-state index is 10.0. The van der Waals surface area contributed by atoms with Crippen LogP contribution in [0.15, 0.2) is 47.6 Å². The molecule has 6 nitrogen and oxygen atoms in total. The molecule has 0 aliphatic rings. The second-order valence-corrected chi connectivity index (χ2v) is 6.73. The van der Waals surface area contributed by atoms with Crippen LogP contribution in [0.3, 0.4) is 0 Å². The molecule has 0 unspecified atom stereocenters. The van der Waals surface area contributed by atoms with Crippen molar-refractivity contribution in [2.75, 3.05) is 27.2 Å². The van der Waals surface area contributed by atoms with E-state index in [9.17, 15) is 5.11 Å². The molecule has 0 atom stereocenters. The van der Waals surface area contributed by atoms with Crippen molar-refractivity contribution in [3.63, 3.8) is 0 Å². The third-order valence-electron chi connectivity index (χ3n) is 4.89. The van der Waals surface area contributed by atoms with Gasteiger partial charge in [0, 0.05) is 43.3 Å². The molecule has 0 radical (unpaired) electrons. The summed E-state index contributed by atoms with van der Waals surface area (Å²) in [6.45, 7) is 3.60. The summed E-state index contributed by atoms with van der Waals surface area (Å²) in [6, 6.07) is 11.7. The molecule has 3 rings (SSSR count). The van der Waals surface area contributed by atoms with Crippen LogP contribution in [-0.4, -0.2) is 43.3 Å². The molecule has 0 amide bonds. The number of aryl methyl sites for hydroxylation is 1. The van der Waals surface area contributed by atoms with Gasteiger partial charge in [-0.2, -0.15) is 0 Å². The third kappa shape index (κ3) is 4.57. The number of aliphatic imine (C=N–C) groups is 1. The number of benzene rings is 2. The first-order valence-electron chi connectivity index (χ1n) is 9.48. The first-order valence-corrected chi connectivity index (χ1v) is 9.48. The molecular formula is C22H28N4O2. The van der Waals surface area contributed by atoms with Gasteiger partial charge < -0.3 is 25.5 Å². The number of nitrogens with zero attached hydrogens (tertiary/aromatic N) is 1. The van der Waals surface area contributed by atoms with E-state index in [4.69, 9.17) is 4.74 Å². The molecule has 0 aliphatic carbocycles. The Bertz CT molecular complexity index is 962. The molecule has 28 heavy (non-hydrogen) atoms. The number of rotatable bonds is 7. The van der Waals surface area contributed by atoms with Crippen LogP contribution in [0, 0.1) is 6.92 Å². The van der Waals surface area contributed by atoms with Gasteiger partial charge in [0.2, 0.25) is 0 Å². The average Bonchev–Trinajstić information content (AvgIpc) is 3.12. The summed E-state index contributed by atoms with van der Waals surface area (Å²) in [5.74, 6) is 1.66. The second kappa shape index (κ2) is 9.17. The third-order valence-corrected chi connectivity index (χ3v) is 4.89. The first-order chi connectivity index (χ1) is 13.6. The molecule has 3 aromatic rings. The normalized spacial score (nSPS) is 11.6. The summed E-state index contributed by atoms with van der Waals surface area (Å²) in [4.78, 5) is 7.61. The van der Waals surface area contributed by atoms with Gasteiger partial charge in [-0.3, -0.25) is 4.99 Å². The molecule has 0 fully saturated rings. The van der Waals surface area contributed by atoms with Crippen molar-refractivity contribution in [2.45, 2.75) is 19.8 Å². The minimum Gasteiger partial charge on any atom is -0.508 e. The highest BCUT2D eigenvalue weighted by molar-refractivity contribution is 5.86. The van der Waals surface area contributed by atoms with E-state index in [0.29, 0.717) is 18.7 Å². The van der Waals surface area contributed by atoms with Crippen LogP contribution < -0.4 is 15.4 Å². The average molecular weight is 380 g/mol. The Morgan fingerprint density at radius 3 is 2.54 bits per heavy atom. The molecule has 0 saturated carbocycles. The number of methoxy groups -OCH3 is 1. The quantitative estimate of drug-likeness (QED) is 0.375. The zero-order valence-corrected chi connectivity index (χ0v) is 16.7. The summed E-state index contributed by atoms with van der Waals surface area (Å²) in [6.07, 6.45) is 3.69. The standard InChI is InChI=1S/C22H28N4O2/c1-15-5-4-6-19-21(15)17(14-26-19)10-12-25-22(23-2)24-11-9-16-7-8-18(28-3)13-20(16)27/h4-8,13-14,26-27H,9-12H2,1-3H3,(H2,23,24,25). The predicted molar refractivity (Wildman–Crippen MR) is 114 cm³/mol. The van der Waals surface area contributed by atoms with Gasteiger partial charge in [0.1, 0.15) is 11.5 Å². The van der Waals surface area contributed by atoms with Gasteiger partial charge >= 0.3 is 0 Å². The number of H-pyrrole nitrogens is 1. The highest BCUT2D eigenvalue weighted by Crippen LogP contribution is 2.23. The zero-order valence-electron chi connectivity index (χ0n) is 16.7. The lowest BCUT2D eigenvalue weighted by atomic mass is 10.1. The fourth-order valence-corrected chi connectivity index (χ4v) is 3.38. The number of nitrogens with one attached hydrogen (secondary N) is 3. The molecule has 2 aromatic carbocycles. The number of hydrogen-bond donors (Lipinski definition) is 4. The van der Waals surface area contributed by atoms with Crippen molar-refractivity contribution in [3.8, 4) is 11.5 Å². The van der Waals surface area contributed by atoms with Crippen LogP contribution in [0.5, 0.6) is 11.5 Å². The van der Waals surface area contributed by atoms with Gasteiger partial charge in [-0.1, -0.05) is 18.2 Å². The zero-order chi connectivity index (χ0) is 19.9. The number of hydrogen-bond acceptors (Lipinski definition) is 3. The van der Waals surface area contributed by atoms with E-state index in [1.165, 1.54) is 22.0 Å². The van der Waals surface area contributed by atoms with Crippen molar-refractivity contribution in [1.82, 2.24) is 15.6 Å². The number of ether oxygens (including phenoxy) is 1. The Labute approximate surface area is 165 Å². The van der Waals surface area contributed by atoms with E-state index >= 15 is 0 Å². The lowest BCUT2D eigenvalue weighted by molar-refractivity contribution is 0.406. The van der Waals surface area contributed by atoms with Crippen molar-refractivity contribution in [1.29, 1.82) is 0 Å². The van der Waals surface area contributed by atoms with Crippen molar-refractivity contribution in [3.05, 3.63) is 59.3 Å². The van der Waals surface area contributed by atoms with Crippen LogP contribution in [0.25, 0.3) is 10.9 Å². The Morgan fingerprint density at radius 1 is 1.11 bits per heavy atom. The lowest BCUT2D eigenvalue weighted by Gasteiger charge is -2.12. The number of aromatic amines is 1. The summed E-state index contributed by atoms with van der Waals surface area (Å²) >= 11 is 0.